The third kappa shape index (κ3) is 3.73. The van der Waals surface area contributed by atoms with E-state index in [4.69, 9.17) is 21.4 Å². The number of carboxylic acid groups (broad SMARTS) is 1. The molecule has 0 aliphatic rings. The summed E-state index contributed by atoms with van der Waals surface area (Å²) in [5.74, 6) is -0.187. The van der Waals surface area contributed by atoms with Gasteiger partial charge in [0.15, 0.2) is 0 Å². The van der Waals surface area contributed by atoms with Gasteiger partial charge in [-0.05, 0) is 35.9 Å². The number of halogens is 1. The molecule has 2 aromatic rings. The van der Waals surface area contributed by atoms with Gasteiger partial charge in [-0.3, -0.25) is 0 Å². The van der Waals surface area contributed by atoms with Crippen molar-refractivity contribution in [1.29, 1.82) is 0 Å². The average Bonchev–Trinajstić information content (AvgIpc) is 2.39. The molecule has 0 unspecified atom stereocenters. The van der Waals surface area contributed by atoms with Crippen LogP contribution in [0.3, 0.4) is 0 Å². The Labute approximate surface area is 116 Å². The first kappa shape index (κ1) is 13.4. The van der Waals surface area contributed by atoms with Crippen LogP contribution >= 0.6 is 11.6 Å². The Balaban J connectivity index is 2.03. The zero-order chi connectivity index (χ0) is 13.7. The summed E-state index contributed by atoms with van der Waals surface area (Å²) in [5, 5.41) is 9.62. The highest BCUT2D eigenvalue weighted by Crippen LogP contribution is 2.17. The second-order valence-corrected chi connectivity index (χ2v) is 4.45. The van der Waals surface area contributed by atoms with Crippen LogP contribution in [-0.4, -0.2) is 17.7 Å². The van der Waals surface area contributed by atoms with E-state index < -0.39 is 5.97 Å². The van der Waals surface area contributed by atoms with E-state index in [1.54, 1.807) is 12.1 Å². The predicted octanol–water partition coefficient (Wildman–Crippen LogP) is 3.66. The number of carboxylic acids is 1. The lowest BCUT2D eigenvalue weighted by molar-refractivity contribution is 0.0695. The average molecular weight is 277 g/mol. The second-order valence-electron chi connectivity index (χ2n) is 4.02. The molecule has 19 heavy (non-hydrogen) atoms. The lowest BCUT2D eigenvalue weighted by Gasteiger charge is -2.08. The lowest BCUT2D eigenvalue weighted by Crippen LogP contribution is -2.07. The molecule has 4 heteroatoms. The number of para-hydroxylation sites is 1. The first-order chi connectivity index (χ1) is 9.16. The van der Waals surface area contributed by atoms with Gasteiger partial charge in [-0.2, -0.15) is 0 Å². The summed E-state index contributed by atoms with van der Waals surface area (Å²) < 4.78 is 5.55. The van der Waals surface area contributed by atoms with E-state index in [9.17, 15) is 4.79 Å². The van der Waals surface area contributed by atoms with Crippen molar-refractivity contribution in [3.63, 3.8) is 0 Å². The third-order valence-electron chi connectivity index (χ3n) is 2.68. The fourth-order valence-electron chi connectivity index (χ4n) is 1.77. The van der Waals surface area contributed by atoms with Gasteiger partial charge in [0.2, 0.25) is 0 Å². The monoisotopic (exact) mass is 276 g/mol. The highest BCUT2D eigenvalue weighted by atomic mass is 35.5. The van der Waals surface area contributed by atoms with Crippen molar-refractivity contribution in [2.75, 3.05) is 6.61 Å². The molecule has 0 radical (unpaired) electrons. The van der Waals surface area contributed by atoms with Gasteiger partial charge in [-0.15, -0.1) is 0 Å². The molecule has 1 N–H and O–H groups in total. The Morgan fingerprint density at radius 3 is 2.58 bits per heavy atom. The summed E-state index contributed by atoms with van der Waals surface area (Å²) in [5.41, 5.74) is 0.942. The largest absolute Gasteiger partial charge is 0.493 e. The number of aromatic carboxylic acids is 1. The van der Waals surface area contributed by atoms with Crippen molar-refractivity contribution in [3.05, 3.63) is 64.7 Å². The number of benzene rings is 2. The van der Waals surface area contributed by atoms with E-state index >= 15 is 0 Å². The van der Waals surface area contributed by atoms with Crippen molar-refractivity contribution in [1.82, 2.24) is 0 Å². The molecule has 98 valence electrons. The van der Waals surface area contributed by atoms with Gasteiger partial charge >= 0.3 is 5.97 Å². The Kier molecular flexibility index (Phi) is 4.42. The molecular weight excluding hydrogens is 264 g/mol. The van der Waals surface area contributed by atoms with E-state index in [1.165, 1.54) is 6.07 Å². The first-order valence-electron chi connectivity index (χ1n) is 5.86. The molecule has 0 amide bonds. The minimum atomic E-state index is -0.952. The van der Waals surface area contributed by atoms with Gasteiger partial charge in [0.1, 0.15) is 5.75 Å². The molecule has 0 spiro atoms. The SMILES string of the molecule is O=C(O)c1ccc(Cl)cc1CCOc1ccccc1. The molecule has 0 fully saturated rings. The van der Waals surface area contributed by atoms with Crippen molar-refractivity contribution in [3.8, 4) is 5.75 Å². The van der Waals surface area contributed by atoms with Crippen LogP contribution in [0.25, 0.3) is 0 Å². The van der Waals surface area contributed by atoms with Gasteiger partial charge in [0, 0.05) is 11.4 Å². The maximum atomic E-state index is 11.1. The van der Waals surface area contributed by atoms with Gasteiger partial charge in [0.25, 0.3) is 0 Å². The smallest absolute Gasteiger partial charge is 0.335 e. The fraction of sp³-hybridized carbons (Fsp3) is 0.133. The molecule has 0 saturated carbocycles. The maximum Gasteiger partial charge on any atom is 0.335 e. The number of hydrogen-bond donors (Lipinski definition) is 1. The molecule has 0 saturated heterocycles. The highest BCUT2D eigenvalue weighted by molar-refractivity contribution is 6.30. The summed E-state index contributed by atoms with van der Waals surface area (Å²) >= 11 is 5.88. The molecule has 0 heterocycles. The van der Waals surface area contributed by atoms with E-state index in [2.05, 4.69) is 0 Å². The molecule has 0 aromatic heterocycles. The van der Waals surface area contributed by atoms with Crippen LogP contribution < -0.4 is 4.74 Å². The van der Waals surface area contributed by atoms with Crippen LogP contribution in [0, 0.1) is 0 Å². The summed E-state index contributed by atoms with van der Waals surface area (Å²) in [6.07, 6.45) is 0.497. The van der Waals surface area contributed by atoms with E-state index in [-0.39, 0.29) is 5.56 Å². The number of hydrogen-bond acceptors (Lipinski definition) is 2. The van der Waals surface area contributed by atoms with Crippen LogP contribution in [0.1, 0.15) is 15.9 Å². The molecule has 0 aliphatic carbocycles. The quantitative estimate of drug-likeness (QED) is 0.906. The van der Waals surface area contributed by atoms with Crippen molar-refractivity contribution < 1.29 is 14.6 Å². The fourth-order valence-corrected chi connectivity index (χ4v) is 1.97. The minimum Gasteiger partial charge on any atom is -0.493 e. The summed E-state index contributed by atoms with van der Waals surface area (Å²) in [6, 6.07) is 14.2. The predicted molar refractivity (Wildman–Crippen MR) is 74.1 cm³/mol. The van der Waals surface area contributed by atoms with Crippen molar-refractivity contribution in [2.45, 2.75) is 6.42 Å². The van der Waals surface area contributed by atoms with E-state index in [0.717, 1.165) is 5.75 Å². The molecule has 2 aromatic carbocycles. The minimum absolute atomic E-state index is 0.265. The van der Waals surface area contributed by atoms with Gasteiger partial charge in [0.05, 0.1) is 12.2 Å². The maximum absolute atomic E-state index is 11.1. The van der Waals surface area contributed by atoms with Crippen LogP contribution in [0.15, 0.2) is 48.5 Å². The van der Waals surface area contributed by atoms with Crippen molar-refractivity contribution >= 4 is 17.6 Å². The number of rotatable bonds is 5. The molecule has 0 atom stereocenters. The van der Waals surface area contributed by atoms with E-state index in [0.29, 0.717) is 23.6 Å². The standard InChI is InChI=1S/C15H13ClO3/c16-12-6-7-14(15(17)18)11(10-12)8-9-19-13-4-2-1-3-5-13/h1-7,10H,8-9H2,(H,17,18). The molecule has 0 aliphatic heterocycles. The molecular formula is C15H13ClO3. The lowest BCUT2D eigenvalue weighted by atomic mass is 10.1. The summed E-state index contributed by atoms with van der Waals surface area (Å²) in [7, 11) is 0. The van der Waals surface area contributed by atoms with Gasteiger partial charge in [-0.25, -0.2) is 4.79 Å². The zero-order valence-corrected chi connectivity index (χ0v) is 10.9. The Morgan fingerprint density at radius 1 is 1.16 bits per heavy atom. The molecule has 2 rings (SSSR count). The van der Waals surface area contributed by atoms with E-state index in [1.807, 2.05) is 30.3 Å². The normalized spacial score (nSPS) is 10.2. The van der Waals surface area contributed by atoms with Crippen LogP contribution in [-0.2, 0) is 6.42 Å². The topological polar surface area (TPSA) is 46.5 Å². The van der Waals surface area contributed by atoms with Crippen LogP contribution in [0.4, 0.5) is 0 Å². The molecule has 3 nitrogen and oxygen atoms in total. The summed E-state index contributed by atoms with van der Waals surface area (Å²) in [4.78, 5) is 11.1. The van der Waals surface area contributed by atoms with Gasteiger partial charge < -0.3 is 9.84 Å². The van der Waals surface area contributed by atoms with Crippen LogP contribution in [0.2, 0.25) is 5.02 Å². The van der Waals surface area contributed by atoms with Crippen LogP contribution in [0.5, 0.6) is 5.75 Å². The zero-order valence-electron chi connectivity index (χ0n) is 10.2. The van der Waals surface area contributed by atoms with Gasteiger partial charge in [-0.1, -0.05) is 29.8 Å². The molecule has 0 bridgehead atoms. The number of carbonyl (C=O) groups is 1. The summed E-state index contributed by atoms with van der Waals surface area (Å²) in [6.45, 7) is 0.407. The Morgan fingerprint density at radius 2 is 1.89 bits per heavy atom. The third-order valence-corrected chi connectivity index (χ3v) is 2.92. The first-order valence-corrected chi connectivity index (χ1v) is 6.24. The second kappa shape index (κ2) is 6.25. The Hall–Kier alpha value is -2.00. The van der Waals surface area contributed by atoms with Crippen molar-refractivity contribution in [2.24, 2.45) is 0 Å². The highest BCUT2D eigenvalue weighted by Gasteiger charge is 2.10. The number of ether oxygens (including phenoxy) is 1. The Bertz CT molecular complexity index is 567.